The van der Waals surface area contributed by atoms with Gasteiger partial charge in [0.15, 0.2) is 0 Å². The SMILES string of the molecule is CC(=O)O[C@H]1CC[C@H]2[C@@H]3C=CC4=C[C@@H](O)CC[C@]4(C)[C@H]3CC[C@]12C. The predicted octanol–water partition coefficient (Wildman–Crippen LogP) is 4.02. The highest BCUT2D eigenvalue weighted by Gasteiger charge is 2.58. The van der Waals surface area contributed by atoms with Gasteiger partial charge in [0.2, 0.25) is 0 Å². The summed E-state index contributed by atoms with van der Waals surface area (Å²) in [4.78, 5) is 11.5. The lowest BCUT2D eigenvalue weighted by atomic mass is 9.49. The maximum atomic E-state index is 11.5. The molecule has 7 atom stereocenters. The van der Waals surface area contributed by atoms with Gasteiger partial charge in [-0.25, -0.2) is 0 Å². The topological polar surface area (TPSA) is 46.5 Å². The number of esters is 1. The number of carbonyl (C=O) groups excluding carboxylic acids is 1. The van der Waals surface area contributed by atoms with Gasteiger partial charge in [-0.3, -0.25) is 4.79 Å². The Hall–Kier alpha value is -1.09. The van der Waals surface area contributed by atoms with Crippen molar-refractivity contribution < 1.29 is 14.6 Å². The molecule has 0 bridgehead atoms. The van der Waals surface area contributed by atoms with Crippen LogP contribution in [0.4, 0.5) is 0 Å². The Labute approximate surface area is 145 Å². The monoisotopic (exact) mass is 330 g/mol. The quantitative estimate of drug-likeness (QED) is 0.739. The van der Waals surface area contributed by atoms with Gasteiger partial charge < -0.3 is 9.84 Å². The molecule has 3 heteroatoms. The first-order valence-electron chi connectivity index (χ1n) is 9.60. The Balaban J connectivity index is 1.66. The van der Waals surface area contributed by atoms with Gasteiger partial charge in [0.1, 0.15) is 6.10 Å². The van der Waals surface area contributed by atoms with Crippen LogP contribution in [0.3, 0.4) is 0 Å². The van der Waals surface area contributed by atoms with Crippen molar-refractivity contribution in [1.82, 2.24) is 0 Å². The fourth-order valence-corrected chi connectivity index (χ4v) is 6.49. The summed E-state index contributed by atoms with van der Waals surface area (Å²) < 4.78 is 5.70. The molecule has 24 heavy (non-hydrogen) atoms. The van der Waals surface area contributed by atoms with E-state index in [-0.39, 0.29) is 29.0 Å². The van der Waals surface area contributed by atoms with Crippen molar-refractivity contribution in [3.05, 3.63) is 23.8 Å². The van der Waals surface area contributed by atoms with Crippen molar-refractivity contribution >= 4 is 5.97 Å². The van der Waals surface area contributed by atoms with Crippen molar-refractivity contribution in [3.8, 4) is 0 Å². The molecule has 0 aliphatic heterocycles. The standard InChI is InChI=1S/C21H30O3/c1-13(22)24-19-7-6-17-16-5-4-14-12-15(23)8-10-20(14,2)18(16)9-11-21(17,19)3/h4-5,12,15-19,23H,6-11H2,1-3H3/t15-,16-,17-,18-,19-,20-,21-/m0/s1. The van der Waals surface area contributed by atoms with Crippen LogP contribution in [0.1, 0.15) is 59.3 Å². The minimum absolute atomic E-state index is 0.0901. The van der Waals surface area contributed by atoms with E-state index in [4.69, 9.17) is 4.74 Å². The molecule has 0 saturated heterocycles. The Morgan fingerprint density at radius 3 is 2.71 bits per heavy atom. The Kier molecular flexibility index (Phi) is 3.72. The molecule has 0 heterocycles. The van der Waals surface area contributed by atoms with Crippen molar-refractivity contribution in [2.24, 2.45) is 28.6 Å². The second-order valence-corrected chi connectivity index (χ2v) is 9.01. The van der Waals surface area contributed by atoms with E-state index < -0.39 is 0 Å². The van der Waals surface area contributed by atoms with E-state index in [9.17, 15) is 9.90 Å². The molecule has 0 aromatic carbocycles. The number of aliphatic hydroxyl groups is 1. The number of hydrogen-bond acceptors (Lipinski definition) is 3. The summed E-state index contributed by atoms with van der Waals surface area (Å²) in [5.41, 5.74) is 1.68. The highest BCUT2D eigenvalue weighted by Crippen LogP contribution is 2.64. The number of ether oxygens (including phenoxy) is 1. The third-order valence-corrected chi connectivity index (χ3v) is 7.86. The summed E-state index contributed by atoms with van der Waals surface area (Å²) in [6.45, 7) is 6.29. The molecule has 1 N–H and O–H groups in total. The summed E-state index contributed by atoms with van der Waals surface area (Å²) >= 11 is 0. The van der Waals surface area contributed by atoms with E-state index in [0.717, 1.165) is 32.1 Å². The first-order chi connectivity index (χ1) is 11.3. The zero-order valence-electron chi connectivity index (χ0n) is 15.1. The zero-order chi connectivity index (χ0) is 17.1. The van der Waals surface area contributed by atoms with E-state index in [1.54, 1.807) is 0 Å². The van der Waals surface area contributed by atoms with Crippen LogP contribution in [0.5, 0.6) is 0 Å². The first-order valence-corrected chi connectivity index (χ1v) is 9.60. The Morgan fingerprint density at radius 2 is 1.96 bits per heavy atom. The van der Waals surface area contributed by atoms with Gasteiger partial charge in [0, 0.05) is 12.3 Å². The van der Waals surface area contributed by atoms with E-state index in [0.29, 0.717) is 17.8 Å². The molecular formula is C21H30O3. The lowest BCUT2D eigenvalue weighted by molar-refractivity contribution is -0.155. The van der Waals surface area contributed by atoms with Crippen LogP contribution >= 0.6 is 0 Å². The van der Waals surface area contributed by atoms with Crippen LogP contribution in [0.25, 0.3) is 0 Å². The number of hydrogen-bond donors (Lipinski definition) is 1. The van der Waals surface area contributed by atoms with Crippen LogP contribution in [0.2, 0.25) is 0 Å². The molecule has 2 saturated carbocycles. The molecule has 4 aliphatic rings. The molecular weight excluding hydrogens is 300 g/mol. The van der Waals surface area contributed by atoms with Crippen LogP contribution in [0.15, 0.2) is 23.8 Å². The predicted molar refractivity (Wildman–Crippen MR) is 93.2 cm³/mol. The molecule has 2 fully saturated rings. The van der Waals surface area contributed by atoms with Crippen LogP contribution in [-0.2, 0) is 9.53 Å². The fourth-order valence-electron chi connectivity index (χ4n) is 6.49. The number of allylic oxidation sites excluding steroid dienone is 3. The lowest BCUT2D eigenvalue weighted by Crippen LogP contribution is -2.50. The number of fused-ring (bicyclic) bond motifs is 5. The second kappa shape index (κ2) is 5.45. The maximum Gasteiger partial charge on any atom is 0.302 e. The van der Waals surface area contributed by atoms with Crippen molar-refractivity contribution in [2.75, 3.05) is 0 Å². The minimum Gasteiger partial charge on any atom is -0.462 e. The summed E-state index contributed by atoms with van der Waals surface area (Å²) in [5.74, 6) is 1.72. The van der Waals surface area contributed by atoms with E-state index >= 15 is 0 Å². The third-order valence-electron chi connectivity index (χ3n) is 7.86. The average molecular weight is 330 g/mol. The Bertz CT molecular complexity index is 606. The van der Waals surface area contributed by atoms with Crippen molar-refractivity contribution in [3.63, 3.8) is 0 Å². The summed E-state index contributed by atoms with van der Waals surface area (Å²) in [7, 11) is 0. The largest absolute Gasteiger partial charge is 0.462 e. The minimum atomic E-state index is -0.275. The van der Waals surface area contributed by atoms with E-state index in [2.05, 4.69) is 32.1 Å². The van der Waals surface area contributed by atoms with Gasteiger partial charge >= 0.3 is 5.97 Å². The average Bonchev–Trinajstić information content (AvgIpc) is 2.84. The lowest BCUT2D eigenvalue weighted by Gasteiger charge is -2.56. The summed E-state index contributed by atoms with van der Waals surface area (Å²) in [6.07, 6.45) is 13.1. The van der Waals surface area contributed by atoms with E-state index in [1.807, 2.05) is 0 Å². The molecule has 0 radical (unpaired) electrons. The normalized spacial score (nSPS) is 49.7. The van der Waals surface area contributed by atoms with E-state index in [1.165, 1.54) is 18.9 Å². The number of rotatable bonds is 1. The van der Waals surface area contributed by atoms with Gasteiger partial charge in [-0.05, 0) is 67.3 Å². The van der Waals surface area contributed by atoms with Gasteiger partial charge in [-0.15, -0.1) is 0 Å². The number of aliphatic hydroxyl groups excluding tert-OH is 1. The molecule has 4 rings (SSSR count). The summed E-state index contributed by atoms with van der Waals surface area (Å²) in [6, 6.07) is 0. The molecule has 132 valence electrons. The van der Waals surface area contributed by atoms with Crippen LogP contribution in [-0.4, -0.2) is 23.3 Å². The van der Waals surface area contributed by atoms with Gasteiger partial charge in [-0.1, -0.05) is 32.1 Å². The first kappa shape index (κ1) is 16.4. The molecule has 0 aromatic heterocycles. The summed E-state index contributed by atoms with van der Waals surface area (Å²) in [5, 5.41) is 10.0. The molecule has 0 amide bonds. The zero-order valence-corrected chi connectivity index (χ0v) is 15.1. The van der Waals surface area contributed by atoms with Crippen molar-refractivity contribution in [2.45, 2.75) is 71.5 Å². The second-order valence-electron chi connectivity index (χ2n) is 9.01. The molecule has 4 aliphatic carbocycles. The van der Waals surface area contributed by atoms with Crippen LogP contribution in [0, 0.1) is 28.6 Å². The highest BCUT2D eigenvalue weighted by molar-refractivity contribution is 5.66. The smallest absolute Gasteiger partial charge is 0.302 e. The molecule has 0 spiro atoms. The maximum absolute atomic E-state index is 11.5. The molecule has 0 aromatic rings. The fraction of sp³-hybridized carbons (Fsp3) is 0.762. The Morgan fingerprint density at radius 1 is 1.17 bits per heavy atom. The highest BCUT2D eigenvalue weighted by atomic mass is 16.5. The van der Waals surface area contributed by atoms with Gasteiger partial charge in [-0.2, -0.15) is 0 Å². The molecule has 0 unspecified atom stereocenters. The third kappa shape index (κ3) is 2.23. The number of carbonyl (C=O) groups is 1. The van der Waals surface area contributed by atoms with Gasteiger partial charge in [0.05, 0.1) is 6.10 Å². The van der Waals surface area contributed by atoms with Crippen LogP contribution < -0.4 is 0 Å². The van der Waals surface area contributed by atoms with Crippen molar-refractivity contribution in [1.29, 1.82) is 0 Å². The molecule has 3 nitrogen and oxygen atoms in total. The van der Waals surface area contributed by atoms with Gasteiger partial charge in [0.25, 0.3) is 0 Å².